The molecule has 0 bridgehead atoms. The summed E-state index contributed by atoms with van der Waals surface area (Å²) >= 11 is 0. The molecule has 78 valence electrons. The Balaban J connectivity index is 2.58. The van der Waals surface area contributed by atoms with E-state index in [0.717, 1.165) is 23.8 Å². The third-order valence-corrected chi connectivity index (χ3v) is 2.58. The van der Waals surface area contributed by atoms with Crippen molar-refractivity contribution in [1.29, 1.82) is 0 Å². The van der Waals surface area contributed by atoms with E-state index in [9.17, 15) is 0 Å². The van der Waals surface area contributed by atoms with E-state index < -0.39 is 0 Å². The normalized spacial score (nSPS) is 10.6. The average Bonchev–Trinajstić information content (AvgIpc) is 2.60. The molecule has 0 N–H and O–H groups in total. The van der Waals surface area contributed by atoms with E-state index in [2.05, 4.69) is 28.2 Å². The molecule has 0 amide bonds. The second kappa shape index (κ2) is 3.81. The van der Waals surface area contributed by atoms with E-state index in [1.54, 1.807) is 6.20 Å². The maximum absolute atomic E-state index is 4.37. The summed E-state index contributed by atoms with van der Waals surface area (Å²) in [4.78, 5) is 4.37. The van der Waals surface area contributed by atoms with Crippen LogP contribution < -0.4 is 0 Å². The summed E-state index contributed by atoms with van der Waals surface area (Å²) in [6, 6.07) is 4.03. The molecular weight excluding hydrogens is 188 g/mol. The van der Waals surface area contributed by atoms with Gasteiger partial charge in [-0.15, -0.1) is 10.2 Å². The molecule has 4 heteroatoms. The van der Waals surface area contributed by atoms with Crippen LogP contribution in [0.1, 0.15) is 18.3 Å². The highest BCUT2D eigenvalue weighted by atomic mass is 15.3. The lowest BCUT2D eigenvalue weighted by Crippen LogP contribution is -1.99. The number of rotatable bonds is 2. The van der Waals surface area contributed by atoms with Crippen LogP contribution in [0.2, 0.25) is 0 Å². The second-order valence-corrected chi connectivity index (χ2v) is 3.49. The smallest absolute Gasteiger partial charge is 0.182 e. The van der Waals surface area contributed by atoms with Crippen LogP contribution in [0.5, 0.6) is 0 Å². The molecule has 0 aliphatic rings. The van der Waals surface area contributed by atoms with Crippen LogP contribution >= 0.6 is 0 Å². The summed E-state index contributed by atoms with van der Waals surface area (Å²) in [7, 11) is 1.96. The Morgan fingerprint density at radius 1 is 1.33 bits per heavy atom. The highest BCUT2D eigenvalue weighted by Crippen LogP contribution is 2.19. The SMILES string of the molecule is CCc1cccnc1-c1nnc(C)n1C. The Bertz CT molecular complexity index is 473. The molecule has 0 fully saturated rings. The highest BCUT2D eigenvalue weighted by Gasteiger charge is 2.11. The van der Waals surface area contributed by atoms with Crippen molar-refractivity contribution in [3.8, 4) is 11.5 Å². The zero-order chi connectivity index (χ0) is 10.8. The van der Waals surface area contributed by atoms with E-state index in [-0.39, 0.29) is 0 Å². The molecule has 15 heavy (non-hydrogen) atoms. The third-order valence-electron chi connectivity index (χ3n) is 2.58. The molecule has 0 aromatic carbocycles. The molecule has 0 radical (unpaired) electrons. The van der Waals surface area contributed by atoms with Gasteiger partial charge >= 0.3 is 0 Å². The lowest BCUT2D eigenvalue weighted by atomic mass is 10.1. The van der Waals surface area contributed by atoms with E-state index in [1.165, 1.54) is 5.56 Å². The molecule has 0 saturated heterocycles. The van der Waals surface area contributed by atoms with E-state index in [4.69, 9.17) is 0 Å². The Kier molecular flexibility index (Phi) is 2.49. The molecule has 0 aliphatic heterocycles. The van der Waals surface area contributed by atoms with Crippen molar-refractivity contribution in [1.82, 2.24) is 19.7 Å². The highest BCUT2D eigenvalue weighted by molar-refractivity contribution is 5.54. The van der Waals surface area contributed by atoms with Gasteiger partial charge in [-0.2, -0.15) is 0 Å². The molecular formula is C11H14N4. The topological polar surface area (TPSA) is 43.6 Å². The van der Waals surface area contributed by atoms with Gasteiger partial charge in [-0.3, -0.25) is 4.98 Å². The Labute approximate surface area is 89.0 Å². The van der Waals surface area contributed by atoms with Crippen molar-refractivity contribution in [2.24, 2.45) is 7.05 Å². The fraction of sp³-hybridized carbons (Fsp3) is 0.364. The van der Waals surface area contributed by atoms with Crippen LogP contribution in [-0.4, -0.2) is 19.7 Å². The van der Waals surface area contributed by atoms with Crippen LogP contribution in [0.15, 0.2) is 18.3 Å². The molecule has 2 aromatic heterocycles. The van der Waals surface area contributed by atoms with Gasteiger partial charge in [0.2, 0.25) is 0 Å². The van der Waals surface area contributed by atoms with E-state index in [1.807, 2.05) is 24.6 Å². The molecule has 0 saturated carbocycles. The number of hydrogen-bond acceptors (Lipinski definition) is 3. The quantitative estimate of drug-likeness (QED) is 0.745. The summed E-state index contributed by atoms with van der Waals surface area (Å²) in [5.41, 5.74) is 2.14. The van der Waals surface area contributed by atoms with Gasteiger partial charge in [0.1, 0.15) is 11.5 Å². The van der Waals surface area contributed by atoms with Crippen molar-refractivity contribution >= 4 is 0 Å². The van der Waals surface area contributed by atoms with Crippen LogP contribution in [0, 0.1) is 6.92 Å². The predicted molar refractivity (Wildman–Crippen MR) is 58.3 cm³/mol. The van der Waals surface area contributed by atoms with Crippen LogP contribution in [0.3, 0.4) is 0 Å². The molecule has 0 aliphatic carbocycles. The molecule has 2 heterocycles. The van der Waals surface area contributed by atoms with Crippen LogP contribution in [0.4, 0.5) is 0 Å². The third kappa shape index (κ3) is 1.63. The van der Waals surface area contributed by atoms with Gasteiger partial charge < -0.3 is 4.57 Å². The molecule has 4 nitrogen and oxygen atoms in total. The van der Waals surface area contributed by atoms with Crippen LogP contribution in [-0.2, 0) is 13.5 Å². The Hall–Kier alpha value is -1.71. The zero-order valence-corrected chi connectivity index (χ0v) is 9.23. The van der Waals surface area contributed by atoms with Gasteiger partial charge in [-0.1, -0.05) is 13.0 Å². The lowest BCUT2D eigenvalue weighted by molar-refractivity contribution is 0.859. The average molecular weight is 202 g/mol. The number of nitrogens with zero attached hydrogens (tertiary/aromatic N) is 4. The van der Waals surface area contributed by atoms with Crippen molar-refractivity contribution in [3.05, 3.63) is 29.7 Å². The summed E-state index contributed by atoms with van der Waals surface area (Å²) in [6.45, 7) is 4.05. The molecule has 0 spiro atoms. The molecule has 2 rings (SSSR count). The van der Waals surface area contributed by atoms with E-state index in [0.29, 0.717) is 0 Å². The summed E-state index contributed by atoms with van der Waals surface area (Å²) in [5, 5.41) is 8.19. The van der Waals surface area contributed by atoms with Gasteiger partial charge in [0.15, 0.2) is 5.82 Å². The lowest BCUT2D eigenvalue weighted by Gasteiger charge is -2.05. The predicted octanol–water partition coefficient (Wildman–Crippen LogP) is 1.75. The standard InChI is InChI=1S/C11H14N4/c1-4-9-6-5-7-12-10(9)11-14-13-8(2)15(11)3/h5-7H,4H2,1-3H3. The van der Waals surface area contributed by atoms with Gasteiger partial charge in [0, 0.05) is 13.2 Å². The number of aromatic nitrogens is 4. The Morgan fingerprint density at radius 2 is 2.13 bits per heavy atom. The summed E-state index contributed by atoms with van der Waals surface area (Å²) in [6.07, 6.45) is 2.74. The minimum Gasteiger partial charge on any atom is -0.313 e. The first-order valence-corrected chi connectivity index (χ1v) is 5.04. The van der Waals surface area contributed by atoms with Gasteiger partial charge in [0.25, 0.3) is 0 Å². The number of aryl methyl sites for hydroxylation is 2. The summed E-state index contributed by atoms with van der Waals surface area (Å²) in [5.74, 6) is 1.74. The first-order valence-electron chi connectivity index (χ1n) is 5.04. The largest absolute Gasteiger partial charge is 0.313 e. The maximum Gasteiger partial charge on any atom is 0.182 e. The molecule has 0 unspecified atom stereocenters. The van der Waals surface area contributed by atoms with Crippen molar-refractivity contribution in [2.75, 3.05) is 0 Å². The Morgan fingerprint density at radius 3 is 2.73 bits per heavy atom. The summed E-state index contributed by atoms with van der Waals surface area (Å²) < 4.78 is 1.96. The molecule has 2 aromatic rings. The van der Waals surface area contributed by atoms with Crippen LogP contribution in [0.25, 0.3) is 11.5 Å². The fourth-order valence-electron chi connectivity index (χ4n) is 1.54. The number of pyridine rings is 1. The minimum atomic E-state index is 0.838. The first-order chi connectivity index (χ1) is 7.24. The monoisotopic (exact) mass is 202 g/mol. The van der Waals surface area contributed by atoms with Gasteiger partial charge in [-0.25, -0.2) is 0 Å². The molecule has 0 atom stereocenters. The van der Waals surface area contributed by atoms with Gasteiger partial charge in [0.05, 0.1) is 0 Å². The van der Waals surface area contributed by atoms with Crippen molar-refractivity contribution < 1.29 is 0 Å². The fourth-order valence-corrected chi connectivity index (χ4v) is 1.54. The first kappa shape index (κ1) is 9.83. The maximum atomic E-state index is 4.37. The van der Waals surface area contributed by atoms with Crippen molar-refractivity contribution in [2.45, 2.75) is 20.3 Å². The van der Waals surface area contributed by atoms with Crippen molar-refractivity contribution in [3.63, 3.8) is 0 Å². The zero-order valence-electron chi connectivity index (χ0n) is 9.23. The number of hydrogen-bond donors (Lipinski definition) is 0. The second-order valence-electron chi connectivity index (χ2n) is 3.49. The van der Waals surface area contributed by atoms with Gasteiger partial charge in [-0.05, 0) is 25.0 Å². The minimum absolute atomic E-state index is 0.838. The van der Waals surface area contributed by atoms with E-state index >= 15 is 0 Å².